The topological polar surface area (TPSA) is 130 Å². The number of hydrogen-bond donors (Lipinski definition) is 3. The zero-order chi connectivity index (χ0) is 26.0. The van der Waals surface area contributed by atoms with Gasteiger partial charge in [0, 0.05) is 12.8 Å². The van der Waals surface area contributed by atoms with Gasteiger partial charge in [0.25, 0.3) is 5.91 Å². The second-order valence-electron chi connectivity index (χ2n) is 8.37. The van der Waals surface area contributed by atoms with Crippen LogP contribution in [0.1, 0.15) is 59.4 Å². The Balaban J connectivity index is 1.19. The molecule has 0 aliphatic carbocycles. The summed E-state index contributed by atoms with van der Waals surface area (Å²) in [7, 11) is 0. The van der Waals surface area contributed by atoms with Crippen molar-refractivity contribution in [1.29, 1.82) is 0 Å². The summed E-state index contributed by atoms with van der Waals surface area (Å²) in [5, 5.41) is 34.7. The van der Waals surface area contributed by atoms with Gasteiger partial charge in [-0.05, 0) is 30.4 Å². The van der Waals surface area contributed by atoms with E-state index in [4.69, 9.17) is 0 Å². The number of nitrogens with one attached hydrogen (secondary N) is 2. The molecule has 192 valence electrons. The number of anilines is 2. The highest BCUT2D eigenvalue weighted by atomic mass is 32.1. The number of nitrogens with zero attached hydrogens (tertiary/aromatic N) is 4. The van der Waals surface area contributed by atoms with Gasteiger partial charge in [-0.3, -0.25) is 20.2 Å². The van der Waals surface area contributed by atoms with Crippen LogP contribution in [0.5, 0.6) is 0 Å². The van der Waals surface area contributed by atoms with Gasteiger partial charge in [-0.15, -0.1) is 20.4 Å². The third-order valence-corrected chi connectivity index (χ3v) is 7.51. The Bertz CT molecular complexity index is 1300. The molecule has 2 amide bonds. The lowest BCUT2D eigenvalue weighted by molar-refractivity contribution is -0.124. The molecule has 2 aromatic carbocycles. The summed E-state index contributed by atoms with van der Waals surface area (Å²) in [6, 6.07) is 18.5. The molecule has 37 heavy (non-hydrogen) atoms. The lowest BCUT2D eigenvalue weighted by Crippen LogP contribution is -2.20. The minimum Gasteiger partial charge on any atom is -0.378 e. The highest BCUT2D eigenvalue weighted by molar-refractivity contribution is 7.15. The molecule has 0 saturated heterocycles. The van der Waals surface area contributed by atoms with Crippen LogP contribution in [0.2, 0.25) is 0 Å². The third-order valence-electron chi connectivity index (χ3n) is 5.72. The van der Waals surface area contributed by atoms with Crippen molar-refractivity contribution in [1.82, 2.24) is 20.4 Å². The first kappa shape index (κ1) is 26.5. The summed E-state index contributed by atoms with van der Waals surface area (Å²) >= 11 is 2.69. The molecule has 0 aliphatic heterocycles. The highest BCUT2D eigenvalue weighted by Gasteiger charge is 2.20. The summed E-state index contributed by atoms with van der Waals surface area (Å²) < 4.78 is 0. The fourth-order valence-electron chi connectivity index (χ4n) is 3.77. The number of unbranched alkanes of at least 4 members (excludes halogenated alkanes) is 1. The Morgan fingerprint density at radius 1 is 0.757 bits per heavy atom. The highest BCUT2D eigenvalue weighted by Crippen LogP contribution is 2.24. The Hall–Kier alpha value is -3.54. The fourth-order valence-corrected chi connectivity index (χ4v) is 5.34. The van der Waals surface area contributed by atoms with Crippen molar-refractivity contribution >= 4 is 44.8 Å². The zero-order valence-corrected chi connectivity index (χ0v) is 22.0. The summed E-state index contributed by atoms with van der Waals surface area (Å²) in [6.07, 6.45) is 2.63. The maximum Gasteiger partial charge on any atom is 0.259 e. The van der Waals surface area contributed by atoms with Gasteiger partial charge in [-0.2, -0.15) is 0 Å². The van der Waals surface area contributed by atoms with E-state index in [2.05, 4.69) is 31.0 Å². The van der Waals surface area contributed by atoms with E-state index in [0.29, 0.717) is 28.7 Å². The van der Waals surface area contributed by atoms with E-state index >= 15 is 0 Å². The quantitative estimate of drug-likeness (QED) is 0.223. The number of amides is 2. The number of hydrogen-bond acceptors (Lipinski definition) is 9. The van der Waals surface area contributed by atoms with Crippen LogP contribution in [0.25, 0.3) is 0 Å². The average Bonchev–Trinajstić information content (AvgIpc) is 3.57. The van der Waals surface area contributed by atoms with E-state index in [-0.39, 0.29) is 11.8 Å². The van der Waals surface area contributed by atoms with Gasteiger partial charge >= 0.3 is 0 Å². The van der Waals surface area contributed by atoms with E-state index in [1.807, 2.05) is 43.3 Å². The fraction of sp³-hybridized carbons (Fsp3) is 0.308. The van der Waals surface area contributed by atoms with Gasteiger partial charge in [0.15, 0.2) is 6.10 Å². The molecule has 2 aromatic heterocycles. The van der Waals surface area contributed by atoms with Crippen molar-refractivity contribution in [3.63, 3.8) is 0 Å². The van der Waals surface area contributed by atoms with Crippen LogP contribution in [-0.2, 0) is 22.4 Å². The molecule has 9 nitrogen and oxygen atoms in total. The molecular formula is C26H28N6O3S2. The molecule has 11 heteroatoms. The molecule has 2 heterocycles. The first-order valence-corrected chi connectivity index (χ1v) is 13.7. The van der Waals surface area contributed by atoms with Crippen LogP contribution in [0, 0.1) is 0 Å². The monoisotopic (exact) mass is 536 g/mol. The zero-order valence-electron chi connectivity index (χ0n) is 20.3. The van der Waals surface area contributed by atoms with Crippen LogP contribution in [0.3, 0.4) is 0 Å². The molecular weight excluding hydrogens is 508 g/mol. The van der Waals surface area contributed by atoms with Crippen molar-refractivity contribution < 1.29 is 14.7 Å². The Labute approximate surface area is 223 Å². The third kappa shape index (κ3) is 7.48. The number of aliphatic hydroxyl groups excluding tert-OH is 1. The molecule has 0 radical (unpaired) electrons. The smallest absolute Gasteiger partial charge is 0.259 e. The van der Waals surface area contributed by atoms with E-state index in [0.717, 1.165) is 34.8 Å². The molecule has 4 aromatic rings. The molecule has 2 unspecified atom stereocenters. The van der Waals surface area contributed by atoms with Crippen LogP contribution in [-0.4, -0.2) is 37.3 Å². The molecule has 0 spiro atoms. The number of benzene rings is 2. The van der Waals surface area contributed by atoms with E-state index in [1.165, 1.54) is 22.7 Å². The maximum atomic E-state index is 12.7. The normalized spacial score (nSPS) is 12.6. The molecule has 0 saturated carbocycles. The van der Waals surface area contributed by atoms with Crippen LogP contribution >= 0.6 is 22.7 Å². The van der Waals surface area contributed by atoms with Gasteiger partial charge in [0.2, 0.25) is 16.2 Å². The molecule has 2 atom stereocenters. The van der Waals surface area contributed by atoms with Gasteiger partial charge in [0.05, 0.1) is 5.92 Å². The van der Waals surface area contributed by atoms with Crippen LogP contribution in [0.4, 0.5) is 10.3 Å². The number of aromatic nitrogens is 4. The van der Waals surface area contributed by atoms with Crippen LogP contribution < -0.4 is 10.6 Å². The van der Waals surface area contributed by atoms with E-state index < -0.39 is 12.0 Å². The van der Waals surface area contributed by atoms with Crippen LogP contribution in [0.15, 0.2) is 60.7 Å². The van der Waals surface area contributed by atoms with Crippen molar-refractivity contribution in [2.75, 3.05) is 10.6 Å². The van der Waals surface area contributed by atoms with E-state index in [1.54, 1.807) is 24.3 Å². The van der Waals surface area contributed by atoms with E-state index in [9.17, 15) is 14.7 Å². The molecule has 0 aliphatic rings. The maximum absolute atomic E-state index is 12.7. The second kappa shape index (κ2) is 13.1. The predicted molar refractivity (Wildman–Crippen MR) is 145 cm³/mol. The lowest BCUT2D eigenvalue weighted by Gasteiger charge is -2.13. The van der Waals surface area contributed by atoms with Gasteiger partial charge in [-0.25, -0.2) is 0 Å². The average molecular weight is 537 g/mol. The first-order chi connectivity index (χ1) is 18.0. The number of aliphatic hydroxyl groups is 1. The Morgan fingerprint density at radius 3 is 1.76 bits per heavy atom. The first-order valence-electron chi connectivity index (χ1n) is 12.1. The summed E-state index contributed by atoms with van der Waals surface area (Å²) in [5.41, 5.74) is 1.50. The molecule has 0 bridgehead atoms. The van der Waals surface area contributed by atoms with Gasteiger partial charge in [-0.1, -0.05) is 90.3 Å². The number of rotatable bonds is 12. The Morgan fingerprint density at radius 2 is 1.24 bits per heavy atom. The van der Waals surface area contributed by atoms with Crippen molar-refractivity contribution in [2.24, 2.45) is 0 Å². The Kier molecular flexibility index (Phi) is 9.41. The van der Waals surface area contributed by atoms with Gasteiger partial charge < -0.3 is 5.11 Å². The van der Waals surface area contributed by atoms with Crippen molar-refractivity contribution in [3.8, 4) is 0 Å². The van der Waals surface area contributed by atoms with Crippen molar-refractivity contribution in [3.05, 3.63) is 81.8 Å². The summed E-state index contributed by atoms with van der Waals surface area (Å²) in [6.45, 7) is 1.99. The lowest BCUT2D eigenvalue weighted by atomic mass is 9.96. The number of carbonyl (C=O) groups excluding carboxylic acids is 2. The minimum absolute atomic E-state index is 0.0770. The molecule has 0 fully saturated rings. The number of carbonyl (C=O) groups is 2. The number of aryl methyl sites for hydroxylation is 2. The van der Waals surface area contributed by atoms with Gasteiger partial charge in [0.1, 0.15) is 10.0 Å². The summed E-state index contributed by atoms with van der Waals surface area (Å²) in [4.78, 5) is 25.0. The SMILES string of the molecule is CCC(C(=O)Nc1nnc(CCCCc2nnc(NC(=O)C(O)c3ccccc3)s2)s1)c1ccccc1. The second-order valence-corrected chi connectivity index (χ2v) is 10.5. The minimum atomic E-state index is -1.26. The summed E-state index contributed by atoms with van der Waals surface area (Å²) in [5.74, 6) is -0.842. The molecule has 4 rings (SSSR count). The van der Waals surface area contributed by atoms with Crippen molar-refractivity contribution in [2.45, 2.75) is 51.0 Å². The standard InChI is InChI=1S/C26H28N6O3S2/c1-2-19(17-11-5-3-6-12-17)23(34)27-25-31-29-20(36-25)15-9-10-16-21-30-32-26(37-21)28-24(35)22(33)18-13-7-4-8-14-18/h3-8,11-14,19,22,33H,2,9-10,15-16H2,1H3,(H,27,31,34)(H,28,32,35). The predicted octanol–water partition coefficient (Wildman–Crippen LogP) is 4.76. The molecule has 3 N–H and O–H groups in total. The largest absolute Gasteiger partial charge is 0.378 e.